The van der Waals surface area contributed by atoms with Crippen LogP contribution in [0.5, 0.6) is 0 Å². The first-order chi connectivity index (χ1) is 12.8. The number of rotatable bonds is 6. The Morgan fingerprint density at radius 3 is 2.15 bits per heavy atom. The number of thiocarbonyl (C=S) groups is 1. The Labute approximate surface area is 162 Å². The van der Waals surface area contributed by atoms with Gasteiger partial charge in [0, 0.05) is 36.1 Å². The lowest BCUT2D eigenvalue weighted by Crippen LogP contribution is -2.34. The van der Waals surface area contributed by atoms with E-state index < -0.39 is 4.92 Å². The van der Waals surface area contributed by atoms with Gasteiger partial charge in [-0.25, -0.2) is 4.79 Å². The molecule has 4 N–H and O–H groups in total. The predicted molar refractivity (Wildman–Crippen MR) is 110 cm³/mol. The molecule has 8 nitrogen and oxygen atoms in total. The van der Waals surface area contributed by atoms with Gasteiger partial charge in [-0.15, -0.1) is 0 Å². The molecule has 0 fully saturated rings. The van der Waals surface area contributed by atoms with Gasteiger partial charge in [-0.2, -0.15) is 0 Å². The molecule has 0 radical (unpaired) electrons. The number of carbonyl (C=O) groups is 1. The smallest absolute Gasteiger partial charge is 0.319 e. The van der Waals surface area contributed by atoms with Crippen molar-refractivity contribution in [2.24, 2.45) is 0 Å². The average Bonchev–Trinajstić information content (AvgIpc) is 2.61. The number of anilines is 2. The summed E-state index contributed by atoms with van der Waals surface area (Å²) < 4.78 is 0. The van der Waals surface area contributed by atoms with Gasteiger partial charge in [0.2, 0.25) is 0 Å². The Morgan fingerprint density at radius 1 is 1.04 bits per heavy atom. The minimum Gasteiger partial charge on any atom is -0.358 e. The van der Waals surface area contributed by atoms with Crippen LogP contribution in [-0.4, -0.2) is 22.1 Å². The molecule has 0 saturated carbocycles. The van der Waals surface area contributed by atoms with E-state index in [4.69, 9.17) is 12.2 Å². The minimum atomic E-state index is -0.453. The van der Waals surface area contributed by atoms with E-state index in [-0.39, 0.29) is 17.8 Å². The van der Waals surface area contributed by atoms with Gasteiger partial charge in [-0.1, -0.05) is 12.1 Å². The fraction of sp³-hybridized carbons (Fsp3) is 0.222. The van der Waals surface area contributed by atoms with Gasteiger partial charge < -0.3 is 21.3 Å². The summed E-state index contributed by atoms with van der Waals surface area (Å²) in [5.74, 6) is 0. The summed E-state index contributed by atoms with van der Waals surface area (Å²) in [6, 6.07) is 13.2. The molecule has 0 saturated heterocycles. The highest BCUT2D eigenvalue weighted by Crippen LogP contribution is 2.15. The van der Waals surface area contributed by atoms with Crippen molar-refractivity contribution in [3.8, 4) is 0 Å². The molecule has 2 aromatic rings. The molecule has 142 valence electrons. The van der Waals surface area contributed by atoms with Crippen molar-refractivity contribution in [1.29, 1.82) is 0 Å². The van der Waals surface area contributed by atoms with Gasteiger partial charge in [0.1, 0.15) is 0 Å². The van der Waals surface area contributed by atoms with Crippen LogP contribution in [-0.2, 0) is 6.54 Å². The Hall–Kier alpha value is -3.20. The molecule has 0 heterocycles. The van der Waals surface area contributed by atoms with E-state index in [1.807, 2.05) is 38.1 Å². The normalized spacial score (nSPS) is 10.2. The number of nitro groups is 1. The fourth-order valence-electron chi connectivity index (χ4n) is 2.16. The van der Waals surface area contributed by atoms with Gasteiger partial charge in [0.25, 0.3) is 5.69 Å². The summed E-state index contributed by atoms with van der Waals surface area (Å²) in [6.45, 7) is 4.28. The number of carbonyl (C=O) groups excluding carboxylic acids is 1. The lowest BCUT2D eigenvalue weighted by atomic mass is 10.2. The highest BCUT2D eigenvalue weighted by molar-refractivity contribution is 7.80. The quantitative estimate of drug-likeness (QED) is 0.343. The van der Waals surface area contributed by atoms with Crippen molar-refractivity contribution >= 4 is 40.4 Å². The first kappa shape index (κ1) is 20.1. The Kier molecular flexibility index (Phi) is 7.07. The number of hydrogen-bond donors (Lipinski definition) is 4. The molecule has 0 bridgehead atoms. The third-order valence-corrected chi connectivity index (χ3v) is 3.67. The number of urea groups is 1. The van der Waals surface area contributed by atoms with Gasteiger partial charge >= 0.3 is 6.03 Å². The molecule has 0 spiro atoms. The van der Waals surface area contributed by atoms with Crippen LogP contribution in [0, 0.1) is 10.1 Å². The zero-order chi connectivity index (χ0) is 19.8. The number of amides is 2. The highest BCUT2D eigenvalue weighted by Gasteiger charge is 2.05. The van der Waals surface area contributed by atoms with E-state index in [9.17, 15) is 14.9 Å². The van der Waals surface area contributed by atoms with Crippen molar-refractivity contribution in [2.75, 3.05) is 10.6 Å². The Balaban J connectivity index is 1.81. The molecule has 27 heavy (non-hydrogen) atoms. The maximum atomic E-state index is 11.7. The first-order valence-corrected chi connectivity index (χ1v) is 8.70. The zero-order valence-corrected chi connectivity index (χ0v) is 15.8. The summed E-state index contributed by atoms with van der Waals surface area (Å²) in [4.78, 5) is 21.8. The molecule has 2 amide bonds. The summed E-state index contributed by atoms with van der Waals surface area (Å²) in [7, 11) is 0. The van der Waals surface area contributed by atoms with Crippen molar-refractivity contribution in [3.05, 3.63) is 64.2 Å². The topological polar surface area (TPSA) is 108 Å². The second-order valence-electron chi connectivity index (χ2n) is 6.06. The fourth-order valence-corrected chi connectivity index (χ4v) is 2.35. The molecule has 0 aliphatic rings. The molecule has 0 aromatic heterocycles. The van der Waals surface area contributed by atoms with Crippen molar-refractivity contribution < 1.29 is 9.72 Å². The van der Waals surface area contributed by atoms with E-state index in [0.717, 1.165) is 5.56 Å². The molecule has 0 unspecified atom stereocenters. The van der Waals surface area contributed by atoms with Crippen LogP contribution in [0.2, 0.25) is 0 Å². The number of benzene rings is 2. The van der Waals surface area contributed by atoms with Crippen molar-refractivity contribution in [1.82, 2.24) is 10.6 Å². The van der Waals surface area contributed by atoms with E-state index >= 15 is 0 Å². The lowest BCUT2D eigenvalue weighted by molar-refractivity contribution is -0.384. The van der Waals surface area contributed by atoms with E-state index in [1.165, 1.54) is 12.1 Å². The predicted octanol–water partition coefficient (Wildman–Crippen LogP) is 3.61. The largest absolute Gasteiger partial charge is 0.358 e. The SMILES string of the molecule is CC(C)NC(=O)Nc1ccc(CNC(=S)Nc2ccc([N+](=O)[O-])cc2)cc1. The van der Waals surface area contributed by atoms with Crippen LogP contribution in [0.15, 0.2) is 48.5 Å². The van der Waals surface area contributed by atoms with Gasteiger partial charge in [0.15, 0.2) is 5.11 Å². The van der Waals surface area contributed by atoms with Crippen LogP contribution >= 0.6 is 12.2 Å². The van der Waals surface area contributed by atoms with Gasteiger partial charge in [-0.05, 0) is 55.9 Å². The monoisotopic (exact) mass is 387 g/mol. The molecule has 2 rings (SSSR count). The summed E-state index contributed by atoms with van der Waals surface area (Å²) in [6.07, 6.45) is 0. The second kappa shape index (κ2) is 9.48. The van der Waals surface area contributed by atoms with Crippen LogP contribution in [0.3, 0.4) is 0 Å². The maximum Gasteiger partial charge on any atom is 0.319 e. The van der Waals surface area contributed by atoms with E-state index in [0.29, 0.717) is 23.0 Å². The van der Waals surface area contributed by atoms with E-state index in [2.05, 4.69) is 21.3 Å². The maximum absolute atomic E-state index is 11.7. The molecule has 0 aliphatic heterocycles. The van der Waals surface area contributed by atoms with Crippen LogP contribution in [0.1, 0.15) is 19.4 Å². The average molecular weight is 387 g/mol. The van der Waals surface area contributed by atoms with Crippen molar-refractivity contribution in [2.45, 2.75) is 26.4 Å². The number of nitro benzene ring substituents is 1. The van der Waals surface area contributed by atoms with Gasteiger partial charge in [-0.3, -0.25) is 10.1 Å². The first-order valence-electron chi connectivity index (χ1n) is 8.29. The van der Waals surface area contributed by atoms with Crippen molar-refractivity contribution in [3.63, 3.8) is 0 Å². The number of hydrogen-bond acceptors (Lipinski definition) is 4. The molecular weight excluding hydrogens is 366 g/mol. The summed E-state index contributed by atoms with van der Waals surface area (Å²) in [5, 5.41) is 22.6. The second-order valence-corrected chi connectivity index (χ2v) is 6.47. The minimum absolute atomic E-state index is 0.0233. The summed E-state index contributed by atoms with van der Waals surface area (Å²) in [5.41, 5.74) is 2.37. The molecule has 2 aromatic carbocycles. The third-order valence-electron chi connectivity index (χ3n) is 3.42. The van der Waals surface area contributed by atoms with Crippen LogP contribution in [0.25, 0.3) is 0 Å². The van der Waals surface area contributed by atoms with Crippen LogP contribution < -0.4 is 21.3 Å². The zero-order valence-electron chi connectivity index (χ0n) is 15.0. The lowest BCUT2D eigenvalue weighted by Gasteiger charge is -2.12. The number of non-ortho nitro benzene ring substituents is 1. The third kappa shape index (κ3) is 6.90. The number of nitrogens with zero attached hydrogens (tertiary/aromatic N) is 1. The summed E-state index contributed by atoms with van der Waals surface area (Å²) >= 11 is 5.22. The standard InChI is InChI=1S/C18H21N5O3S/c1-12(2)20-17(24)21-14-5-3-13(4-6-14)11-19-18(27)22-15-7-9-16(10-8-15)23(25)26/h3-10,12H,11H2,1-2H3,(H2,19,22,27)(H2,20,21,24). The highest BCUT2D eigenvalue weighted by atomic mass is 32.1. The molecule has 0 aliphatic carbocycles. The van der Waals surface area contributed by atoms with E-state index in [1.54, 1.807) is 12.1 Å². The molecule has 0 atom stereocenters. The van der Waals surface area contributed by atoms with Gasteiger partial charge in [0.05, 0.1) is 4.92 Å². The molecular formula is C18H21N5O3S. The Morgan fingerprint density at radius 2 is 1.59 bits per heavy atom. The van der Waals surface area contributed by atoms with Crippen LogP contribution in [0.4, 0.5) is 21.9 Å². The Bertz CT molecular complexity index is 807. The number of nitrogens with one attached hydrogen (secondary N) is 4. The molecule has 9 heteroatoms.